The highest BCUT2D eigenvalue weighted by atomic mass is 28.3. The second-order valence-corrected chi connectivity index (χ2v) is 10.1. The monoisotopic (exact) mass is 278 g/mol. The number of benzene rings is 1. The predicted molar refractivity (Wildman–Crippen MR) is 74.8 cm³/mol. The molecule has 102 valence electrons. The lowest BCUT2D eigenvalue weighted by Crippen LogP contribution is -2.41. The summed E-state index contributed by atoms with van der Waals surface area (Å²) in [4.78, 5) is 14.9. The van der Waals surface area contributed by atoms with Crippen molar-refractivity contribution in [2.24, 2.45) is 0 Å². The Kier molecular flexibility index (Phi) is 5.03. The second kappa shape index (κ2) is 6.31. The zero-order chi connectivity index (χ0) is 14.5. The maximum Gasteiger partial charge on any atom is 0.410 e. The van der Waals surface area contributed by atoms with Crippen molar-refractivity contribution < 1.29 is 19.1 Å². The molecule has 0 aliphatic rings. The van der Waals surface area contributed by atoms with Crippen molar-refractivity contribution >= 4 is 19.4 Å². The van der Waals surface area contributed by atoms with Crippen LogP contribution in [0.3, 0.4) is 0 Å². The predicted octanol–water partition coefficient (Wildman–Crippen LogP) is 2.29. The van der Waals surface area contributed by atoms with E-state index in [0.717, 1.165) is 11.3 Å². The van der Waals surface area contributed by atoms with Crippen LogP contribution in [-0.2, 0) is 16.1 Å². The van der Waals surface area contributed by atoms with Crippen molar-refractivity contribution in [3.05, 3.63) is 35.4 Å². The van der Waals surface area contributed by atoms with Crippen molar-refractivity contribution in [2.75, 3.05) is 7.11 Å². The van der Waals surface area contributed by atoms with E-state index in [0.29, 0.717) is 0 Å². The first-order chi connectivity index (χ1) is 8.88. The minimum atomic E-state index is -2.00. The SMILES string of the molecule is COc1ccc(COC(=O)C(=[N+]=[N-])[Si](C)(C)C)cc1. The van der Waals surface area contributed by atoms with E-state index in [-0.39, 0.29) is 11.9 Å². The van der Waals surface area contributed by atoms with E-state index in [1.165, 1.54) is 0 Å². The number of carbonyl (C=O) groups is 1. The zero-order valence-electron chi connectivity index (χ0n) is 11.6. The molecule has 0 N–H and O–H groups in total. The van der Waals surface area contributed by atoms with Crippen molar-refractivity contribution in [3.8, 4) is 5.75 Å². The molecule has 0 bridgehead atoms. The molecule has 0 aliphatic heterocycles. The molecule has 1 rings (SSSR count). The molecule has 19 heavy (non-hydrogen) atoms. The highest BCUT2D eigenvalue weighted by Gasteiger charge is 2.38. The molecule has 5 nitrogen and oxygen atoms in total. The van der Waals surface area contributed by atoms with E-state index < -0.39 is 14.0 Å². The van der Waals surface area contributed by atoms with Gasteiger partial charge in [0.15, 0.2) is 8.07 Å². The molecule has 0 aliphatic carbocycles. The minimum absolute atomic E-state index is 0.140. The number of hydrogen-bond donors (Lipinski definition) is 0. The average Bonchev–Trinajstić information content (AvgIpc) is 2.36. The maximum absolute atomic E-state index is 11.8. The topological polar surface area (TPSA) is 71.9 Å². The van der Waals surface area contributed by atoms with Crippen LogP contribution in [0.4, 0.5) is 0 Å². The van der Waals surface area contributed by atoms with Crippen LogP contribution in [0.2, 0.25) is 19.6 Å². The van der Waals surface area contributed by atoms with Gasteiger partial charge >= 0.3 is 11.3 Å². The third kappa shape index (κ3) is 4.35. The molecular formula is C13H18N2O3Si. The third-order valence-electron chi connectivity index (χ3n) is 2.53. The van der Waals surface area contributed by atoms with Crippen molar-refractivity contribution in [3.63, 3.8) is 0 Å². The molecule has 0 radical (unpaired) electrons. The summed E-state index contributed by atoms with van der Waals surface area (Å²) in [7, 11) is -0.407. The maximum atomic E-state index is 11.8. The van der Waals surface area contributed by atoms with E-state index in [1.807, 2.05) is 31.8 Å². The van der Waals surface area contributed by atoms with Crippen LogP contribution in [0.25, 0.3) is 5.53 Å². The number of nitrogens with zero attached hydrogens (tertiary/aromatic N) is 2. The summed E-state index contributed by atoms with van der Waals surface area (Å²) in [5.74, 6) is 0.187. The molecule has 1 aromatic rings. The fourth-order valence-corrected chi connectivity index (χ4v) is 2.42. The number of methoxy groups -OCH3 is 1. The summed E-state index contributed by atoms with van der Waals surface area (Å²) >= 11 is 0. The van der Waals surface area contributed by atoms with E-state index in [1.54, 1.807) is 19.2 Å². The van der Waals surface area contributed by atoms with Gasteiger partial charge in [-0.2, -0.15) is 4.79 Å². The van der Waals surface area contributed by atoms with Gasteiger partial charge in [0, 0.05) is 0 Å². The molecule has 0 saturated carbocycles. The fourth-order valence-electron chi connectivity index (χ4n) is 1.44. The number of esters is 1. The lowest BCUT2D eigenvalue weighted by Gasteiger charge is -2.09. The Morgan fingerprint density at radius 1 is 1.26 bits per heavy atom. The van der Waals surface area contributed by atoms with Crippen molar-refractivity contribution in [2.45, 2.75) is 26.2 Å². The van der Waals surface area contributed by atoms with Crippen LogP contribution in [0, 0.1) is 0 Å². The normalized spacial score (nSPS) is 10.5. The standard InChI is InChI=1S/C13H18N2O3Si/c1-17-11-7-5-10(6-8-11)9-18-13(16)12(15-14)19(2,3)4/h5-8H,9H2,1-4H3. The molecule has 0 amide bonds. The van der Waals surface area contributed by atoms with Gasteiger partial charge < -0.3 is 15.0 Å². The van der Waals surface area contributed by atoms with Crippen molar-refractivity contribution in [1.82, 2.24) is 0 Å². The molecule has 0 fully saturated rings. The van der Waals surface area contributed by atoms with Crippen molar-refractivity contribution in [1.29, 1.82) is 0 Å². The van der Waals surface area contributed by atoms with Crippen LogP contribution in [0.1, 0.15) is 5.56 Å². The summed E-state index contributed by atoms with van der Waals surface area (Å²) < 4.78 is 10.2. The first-order valence-electron chi connectivity index (χ1n) is 5.91. The summed E-state index contributed by atoms with van der Waals surface area (Å²) in [6, 6.07) is 7.22. The number of carbonyl (C=O) groups excluding carboxylic acids is 1. The van der Waals surface area contributed by atoms with Gasteiger partial charge in [-0.1, -0.05) is 31.8 Å². The molecule has 0 aromatic heterocycles. The lowest BCUT2D eigenvalue weighted by molar-refractivity contribution is -0.140. The molecule has 0 saturated heterocycles. The molecule has 1 aromatic carbocycles. The smallest absolute Gasteiger partial charge is 0.410 e. The van der Waals surface area contributed by atoms with Gasteiger partial charge in [-0.3, -0.25) is 0 Å². The second-order valence-electron chi connectivity index (χ2n) is 5.12. The van der Waals surface area contributed by atoms with Crippen LogP contribution in [-0.4, -0.2) is 31.3 Å². The third-order valence-corrected chi connectivity index (χ3v) is 4.26. The summed E-state index contributed by atoms with van der Waals surface area (Å²) in [5.41, 5.74) is 9.75. The quantitative estimate of drug-likeness (QED) is 0.273. The molecule has 0 spiro atoms. The van der Waals surface area contributed by atoms with E-state index in [4.69, 9.17) is 15.0 Å². The minimum Gasteiger partial charge on any atom is -0.497 e. The number of rotatable bonds is 5. The van der Waals surface area contributed by atoms with E-state index in [2.05, 4.69) is 4.79 Å². The Labute approximate surface area is 113 Å². The Morgan fingerprint density at radius 2 is 1.84 bits per heavy atom. The van der Waals surface area contributed by atoms with Gasteiger partial charge in [-0.15, -0.1) is 0 Å². The highest BCUT2D eigenvalue weighted by molar-refractivity contribution is 7.11. The van der Waals surface area contributed by atoms with Gasteiger partial charge in [0.2, 0.25) is 0 Å². The summed E-state index contributed by atoms with van der Waals surface area (Å²) in [6.07, 6.45) is 0. The average molecular weight is 278 g/mol. The van der Waals surface area contributed by atoms with Gasteiger partial charge in [0.1, 0.15) is 12.4 Å². The van der Waals surface area contributed by atoms with Crippen LogP contribution < -0.4 is 4.74 Å². The fraction of sp³-hybridized carbons (Fsp3) is 0.385. The van der Waals surface area contributed by atoms with E-state index in [9.17, 15) is 4.79 Å². The summed E-state index contributed by atoms with van der Waals surface area (Å²) in [6.45, 7) is 5.89. The molecule has 0 unspecified atom stereocenters. The number of ether oxygens (including phenoxy) is 2. The molecular weight excluding hydrogens is 260 g/mol. The Morgan fingerprint density at radius 3 is 2.26 bits per heavy atom. The molecule has 6 heteroatoms. The van der Waals surface area contributed by atoms with E-state index >= 15 is 0 Å². The van der Waals surface area contributed by atoms with Crippen LogP contribution >= 0.6 is 0 Å². The highest BCUT2D eigenvalue weighted by Crippen LogP contribution is 2.12. The number of hydrogen-bond acceptors (Lipinski definition) is 3. The van der Waals surface area contributed by atoms with Gasteiger partial charge in [0.05, 0.1) is 7.11 Å². The lowest BCUT2D eigenvalue weighted by atomic mass is 10.2. The molecule has 0 atom stereocenters. The van der Waals surface area contributed by atoms with Crippen LogP contribution in [0.5, 0.6) is 5.75 Å². The van der Waals surface area contributed by atoms with Gasteiger partial charge in [-0.25, -0.2) is 4.79 Å². The zero-order valence-corrected chi connectivity index (χ0v) is 12.6. The first kappa shape index (κ1) is 15.1. The van der Waals surface area contributed by atoms with Gasteiger partial charge in [0.25, 0.3) is 0 Å². The largest absolute Gasteiger partial charge is 0.497 e. The summed E-state index contributed by atoms with van der Waals surface area (Å²) in [5, 5.41) is 0.140. The molecule has 0 heterocycles. The Balaban J connectivity index is 2.66. The first-order valence-corrected chi connectivity index (χ1v) is 9.41. The Bertz CT molecular complexity index is 500. The van der Waals surface area contributed by atoms with Crippen LogP contribution in [0.15, 0.2) is 24.3 Å². The van der Waals surface area contributed by atoms with Gasteiger partial charge in [-0.05, 0) is 17.7 Å². The Hall–Kier alpha value is -1.91.